The number of nitrogens with zero attached hydrogens (tertiary/aromatic N) is 2. The molecule has 3 aliphatic rings. The van der Waals surface area contributed by atoms with E-state index in [-0.39, 0.29) is 0 Å². The smallest absolute Gasteiger partial charge is 0.0863 e. The molecule has 1 aliphatic carbocycles. The molecule has 1 saturated heterocycles. The SMILES string of the molecule is C1=NCCN1C1NCCC2CCCCC21. The molecular formula is C12H21N3. The summed E-state index contributed by atoms with van der Waals surface area (Å²) >= 11 is 0. The van der Waals surface area contributed by atoms with Crippen molar-refractivity contribution in [1.82, 2.24) is 10.2 Å². The van der Waals surface area contributed by atoms with Gasteiger partial charge in [-0.25, -0.2) is 0 Å². The number of fused-ring (bicyclic) bond motifs is 1. The average molecular weight is 207 g/mol. The Hall–Kier alpha value is -0.570. The van der Waals surface area contributed by atoms with E-state index >= 15 is 0 Å². The van der Waals surface area contributed by atoms with Crippen LogP contribution in [0.1, 0.15) is 32.1 Å². The van der Waals surface area contributed by atoms with Crippen LogP contribution >= 0.6 is 0 Å². The van der Waals surface area contributed by atoms with Crippen molar-refractivity contribution in [1.29, 1.82) is 0 Å². The van der Waals surface area contributed by atoms with Crippen LogP contribution in [0.4, 0.5) is 0 Å². The van der Waals surface area contributed by atoms with Gasteiger partial charge in [0.25, 0.3) is 0 Å². The van der Waals surface area contributed by atoms with Crippen molar-refractivity contribution < 1.29 is 0 Å². The molecule has 1 N–H and O–H groups in total. The maximum atomic E-state index is 4.34. The minimum absolute atomic E-state index is 0.593. The Kier molecular flexibility index (Phi) is 2.65. The van der Waals surface area contributed by atoms with Gasteiger partial charge in [-0.3, -0.25) is 10.3 Å². The zero-order chi connectivity index (χ0) is 10.1. The summed E-state index contributed by atoms with van der Waals surface area (Å²) in [6.07, 6.45) is 9.84. The largest absolute Gasteiger partial charge is 0.345 e. The Bertz CT molecular complexity index is 249. The monoisotopic (exact) mass is 207 g/mol. The second-order valence-corrected chi connectivity index (χ2v) is 5.16. The van der Waals surface area contributed by atoms with Gasteiger partial charge in [0, 0.05) is 6.54 Å². The lowest BCUT2D eigenvalue weighted by Gasteiger charge is -2.45. The van der Waals surface area contributed by atoms with Gasteiger partial charge in [-0.05, 0) is 31.2 Å². The molecule has 2 fully saturated rings. The molecule has 84 valence electrons. The van der Waals surface area contributed by atoms with Crippen LogP contribution in [0.2, 0.25) is 0 Å². The number of rotatable bonds is 1. The van der Waals surface area contributed by atoms with E-state index in [1.807, 2.05) is 0 Å². The van der Waals surface area contributed by atoms with E-state index in [2.05, 4.69) is 21.5 Å². The molecule has 15 heavy (non-hydrogen) atoms. The minimum atomic E-state index is 0.593. The third-order valence-electron chi connectivity index (χ3n) is 4.32. The van der Waals surface area contributed by atoms with E-state index in [0.717, 1.165) is 24.9 Å². The minimum Gasteiger partial charge on any atom is -0.345 e. The fraction of sp³-hybridized carbons (Fsp3) is 0.917. The van der Waals surface area contributed by atoms with Crippen LogP contribution in [0.25, 0.3) is 0 Å². The van der Waals surface area contributed by atoms with Crippen LogP contribution in [-0.2, 0) is 0 Å². The first-order chi connectivity index (χ1) is 7.45. The van der Waals surface area contributed by atoms with Gasteiger partial charge in [-0.15, -0.1) is 0 Å². The maximum Gasteiger partial charge on any atom is 0.0863 e. The molecule has 0 amide bonds. The third-order valence-corrected chi connectivity index (χ3v) is 4.32. The fourth-order valence-corrected chi connectivity index (χ4v) is 3.55. The number of aliphatic imine (C=N–C) groups is 1. The molecular weight excluding hydrogens is 186 g/mol. The zero-order valence-electron chi connectivity index (χ0n) is 9.36. The topological polar surface area (TPSA) is 27.6 Å². The molecule has 0 aromatic rings. The summed E-state index contributed by atoms with van der Waals surface area (Å²) in [6, 6.07) is 0. The first-order valence-electron chi connectivity index (χ1n) is 6.44. The molecule has 3 rings (SSSR count). The van der Waals surface area contributed by atoms with Crippen LogP contribution in [0.15, 0.2) is 4.99 Å². The summed E-state index contributed by atoms with van der Waals surface area (Å²) < 4.78 is 0. The second-order valence-electron chi connectivity index (χ2n) is 5.16. The molecule has 0 spiro atoms. The van der Waals surface area contributed by atoms with Crippen molar-refractivity contribution in [2.24, 2.45) is 16.8 Å². The van der Waals surface area contributed by atoms with Gasteiger partial charge in [0.15, 0.2) is 0 Å². The third kappa shape index (κ3) is 1.78. The molecule has 1 saturated carbocycles. The highest BCUT2D eigenvalue weighted by Crippen LogP contribution is 2.37. The lowest BCUT2D eigenvalue weighted by molar-refractivity contribution is 0.0714. The van der Waals surface area contributed by atoms with E-state index in [1.165, 1.54) is 38.6 Å². The number of hydrogen-bond acceptors (Lipinski definition) is 3. The Balaban J connectivity index is 1.72. The quantitative estimate of drug-likeness (QED) is 0.705. The van der Waals surface area contributed by atoms with Crippen LogP contribution in [-0.4, -0.2) is 37.0 Å². The van der Waals surface area contributed by atoms with Gasteiger partial charge in [-0.2, -0.15) is 0 Å². The molecule has 0 radical (unpaired) electrons. The zero-order valence-corrected chi connectivity index (χ0v) is 9.36. The Labute approximate surface area is 91.9 Å². The summed E-state index contributed by atoms with van der Waals surface area (Å²) in [6.45, 7) is 3.33. The molecule has 2 heterocycles. The van der Waals surface area contributed by atoms with E-state index in [4.69, 9.17) is 0 Å². The van der Waals surface area contributed by atoms with E-state index in [9.17, 15) is 0 Å². The fourth-order valence-electron chi connectivity index (χ4n) is 3.55. The van der Waals surface area contributed by atoms with Crippen molar-refractivity contribution in [3.8, 4) is 0 Å². The van der Waals surface area contributed by atoms with Gasteiger partial charge in [-0.1, -0.05) is 19.3 Å². The van der Waals surface area contributed by atoms with Gasteiger partial charge < -0.3 is 4.90 Å². The first-order valence-corrected chi connectivity index (χ1v) is 6.44. The van der Waals surface area contributed by atoms with E-state index < -0.39 is 0 Å². The molecule has 2 aliphatic heterocycles. The van der Waals surface area contributed by atoms with Crippen LogP contribution < -0.4 is 5.32 Å². The van der Waals surface area contributed by atoms with Gasteiger partial charge >= 0.3 is 0 Å². The molecule has 3 heteroatoms. The highest BCUT2D eigenvalue weighted by molar-refractivity contribution is 5.57. The highest BCUT2D eigenvalue weighted by Gasteiger charge is 2.37. The lowest BCUT2D eigenvalue weighted by atomic mass is 9.73. The standard InChI is InChI=1S/C12H21N3/c1-2-4-11-10(3-1)5-6-14-12(11)15-8-7-13-9-15/h9-12,14H,1-8H2. The molecule has 0 bridgehead atoms. The molecule has 3 nitrogen and oxygen atoms in total. The molecule has 3 atom stereocenters. The first kappa shape index (κ1) is 9.64. The number of hydrogen-bond donors (Lipinski definition) is 1. The molecule has 0 aromatic carbocycles. The normalized spacial score (nSPS) is 40.5. The average Bonchev–Trinajstić information content (AvgIpc) is 2.82. The predicted molar refractivity (Wildman–Crippen MR) is 61.9 cm³/mol. The van der Waals surface area contributed by atoms with E-state index in [1.54, 1.807) is 0 Å². The summed E-state index contributed by atoms with van der Waals surface area (Å²) in [7, 11) is 0. The van der Waals surface area contributed by atoms with Gasteiger partial charge in [0.2, 0.25) is 0 Å². The highest BCUT2D eigenvalue weighted by atomic mass is 15.3. The number of nitrogens with one attached hydrogen (secondary N) is 1. The van der Waals surface area contributed by atoms with Crippen molar-refractivity contribution in [3.63, 3.8) is 0 Å². The molecule has 0 aromatic heterocycles. The predicted octanol–water partition coefficient (Wildman–Crippen LogP) is 1.46. The summed E-state index contributed by atoms with van der Waals surface area (Å²) in [5, 5.41) is 3.69. The second kappa shape index (κ2) is 4.12. The van der Waals surface area contributed by atoms with Crippen molar-refractivity contribution in [2.45, 2.75) is 38.3 Å². The van der Waals surface area contributed by atoms with Crippen LogP contribution in [0.3, 0.4) is 0 Å². The summed E-state index contributed by atoms with van der Waals surface area (Å²) in [4.78, 5) is 6.77. The van der Waals surface area contributed by atoms with Gasteiger partial charge in [0.05, 0.1) is 19.0 Å². The summed E-state index contributed by atoms with van der Waals surface area (Å²) in [5.41, 5.74) is 0. The van der Waals surface area contributed by atoms with Gasteiger partial charge in [0.1, 0.15) is 0 Å². The maximum absolute atomic E-state index is 4.34. The lowest BCUT2D eigenvalue weighted by Crippen LogP contribution is -2.55. The Morgan fingerprint density at radius 2 is 2.13 bits per heavy atom. The summed E-state index contributed by atoms with van der Waals surface area (Å²) in [5.74, 6) is 1.87. The van der Waals surface area contributed by atoms with Crippen molar-refractivity contribution >= 4 is 6.34 Å². The van der Waals surface area contributed by atoms with Crippen molar-refractivity contribution in [3.05, 3.63) is 0 Å². The Morgan fingerprint density at radius 1 is 1.20 bits per heavy atom. The van der Waals surface area contributed by atoms with E-state index in [0.29, 0.717) is 6.17 Å². The van der Waals surface area contributed by atoms with Crippen LogP contribution in [0, 0.1) is 11.8 Å². The van der Waals surface area contributed by atoms with Crippen molar-refractivity contribution in [2.75, 3.05) is 19.6 Å². The van der Waals surface area contributed by atoms with Crippen LogP contribution in [0.5, 0.6) is 0 Å². The molecule has 3 unspecified atom stereocenters. The Morgan fingerprint density at radius 3 is 3.00 bits per heavy atom. The number of piperidine rings is 1.